The van der Waals surface area contributed by atoms with E-state index >= 15 is 0 Å². The Balaban J connectivity index is 2.58. The molecule has 1 rings (SSSR count). The van der Waals surface area contributed by atoms with Gasteiger partial charge in [-0.3, -0.25) is 4.79 Å². The maximum absolute atomic E-state index is 11.8. The lowest BCUT2D eigenvalue weighted by molar-refractivity contribution is 0.0877. The number of Topliss-reactive ketones (excluding diaryl/α,β-unsaturated/α-hetero) is 1. The number of aryl methyl sites for hydroxylation is 1. The molecule has 0 aliphatic rings. The van der Waals surface area contributed by atoms with E-state index in [0.29, 0.717) is 6.42 Å². The first-order valence-electron chi connectivity index (χ1n) is 5.26. The third-order valence-electron chi connectivity index (χ3n) is 2.63. The summed E-state index contributed by atoms with van der Waals surface area (Å²) in [6.07, 6.45) is 1.49. The SMILES string of the molecule is COC(C)CCC(=O)c1ccccc1C. The molecule has 0 aliphatic carbocycles. The summed E-state index contributed by atoms with van der Waals surface area (Å²) in [6, 6.07) is 7.70. The lowest BCUT2D eigenvalue weighted by Crippen LogP contribution is -2.09. The van der Waals surface area contributed by atoms with Crippen molar-refractivity contribution in [1.82, 2.24) is 0 Å². The van der Waals surface area contributed by atoms with Crippen molar-refractivity contribution in [3.8, 4) is 0 Å². The molecule has 0 bridgehead atoms. The van der Waals surface area contributed by atoms with Gasteiger partial charge in [-0.2, -0.15) is 0 Å². The average molecular weight is 206 g/mol. The highest BCUT2D eigenvalue weighted by atomic mass is 16.5. The first-order valence-corrected chi connectivity index (χ1v) is 5.26. The molecule has 0 radical (unpaired) electrons. The molecule has 0 N–H and O–H groups in total. The van der Waals surface area contributed by atoms with Gasteiger partial charge in [0.15, 0.2) is 5.78 Å². The monoisotopic (exact) mass is 206 g/mol. The van der Waals surface area contributed by atoms with E-state index in [2.05, 4.69) is 0 Å². The summed E-state index contributed by atoms with van der Waals surface area (Å²) in [4.78, 5) is 11.8. The van der Waals surface area contributed by atoms with E-state index in [4.69, 9.17) is 4.74 Å². The Morgan fingerprint density at radius 1 is 1.40 bits per heavy atom. The number of carbonyl (C=O) groups excluding carboxylic acids is 1. The van der Waals surface area contributed by atoms with Gasteiger partial charge < -0.3 is 4.74 Å². The predicted molar refractivity (Wildman–Crippen MR) is 61.2 cm³/mol. The first-order chi connectivity index (χ1) is 7.15. The quantitative estimate of drug-likeness (QED) is 0.692. The van der Waals surface area contributed by atoms with E-state index in [0.717, 1.165) is 17.5 Å². The lowest BCUT2D eigenvalue weighted by atomic mass is 10.0. The van der Waals surface area contributed by atoms with Gasteiger partial charge in [-0.1, -0.05) is 24.3 Å². The molecule has 0 fully saturated rings. The molecule has 0 amide bonds. The van der Waals surface area contributed by atoms with Crippen molar-refractivity contribution in [2.75, 3.05) is 7.11 Å². The van der Waals surface area contributed by atoms with E-state index in [-0.39, 0.29) is 11.9 Å². The van der Waals surface area contributed by atoms with Crippen LogP contribution in [0.25, 0.3) is 0 Å². The van der Waals surface area contributed by atoms with Gasteiger partial charge in [0.25, 0.3) is 0 Å². The molecular weight excluding hydrogens is 188 g/mol. The number of methoxy groups -OCH3 is 1. The molecule has 0 saturated carbocycles. The summed E-state index contributed by atoms with van der Waals surface area (Å²) < 4.78 is 5.11. The maximum atomic E-state index is 11.8. The second-order valence-corrected chi connectivity index (χ2v) is 3.82. The van der Waals surface area contributed by atoms with Crippen LogP contribution in [0.4, 0.5) is 0 Å². The highest BCUT2D eigenvalue weighted by molar-refractivity contribution is 5.97. The van der Waals surface area contributed by atoms with Gasteiger partial charge in [0.1, 0.15) is 0 Å². The zero-order chi connectivity index (χ0) is 11.3. The van der Waals surface area contributed by atoms with Crippen LogP contribution in [-0.2, 0) is 4.74 Å². The Morgan fingerprint density at radius 2 is 2.07 bits per heavy atom. The number of hydrogen-bond donors (Lipinski definition) is 0. The minimum Gasteiger partial charge on any atom is -0.382 e. The van der Waals surface area contributed by atoms with Crippen LogP contribution >= 0.6 is 0 Å². The average Bonchev–Trinajstić information content (AvgIpc) is 2.26. The Bertz CT molecular complexity index is 331. The molecule has 15 heavy (non-hydrogen) atoms. The second kappa shape index (κ2) is 5.66. The number of carbonyl (C=O) groups is 1. The molecule has 82 valence electrons. The number of rotatable bonds is 5. The Morgan fingerprint density at radius 3 is 2.67 bits per heavy atom. The lowest BCUT2D eigenvalue weighted by Gasteiger charge is -2.09. The van der Waals surface area contributed by atoms with Crippen LogP contribution in [0.1, 0.15) is 35.7 Å². The van der Waals surface area contributed by atoms with Crippen molar-refractivity contribution in [2.45, 2.75) is 32.8 Å². The van der Waals surface area contributed by atoms with Crippen LogP contribution in [-0.4, -0.2) is 19.0 Å². The van der Waals surface area contributed by atoms with E-state index in [1.807, 2.05) is 38.1 Å². The minimum atomic E-state index is 0.151. The molecule has 0 heterocycles. The largest absolute Gasteiger partial charge is 0.382 e. The van der Waals surface area contributed by atoms with Crippen LogP contribution < -0.4 is 0 Å². The van der Waals surface area contributed by atoms with Crippen LogP contribution in [0.5, 0.6) is 0 Å². The van der Waals surface area contributed by atoms with E-state index in [1.54, 1.807) is 7.11 Å². The van der Waals surface area contributed by atoms with Crippen molar-refractivity contribution in [1.29, 1.82) is 0 Å². The molecule has 1 unspecified atom stereocenters. The van der Waals surface area contributed by atoms with Gasteiger partial charge in [0.2, 0.25) is 0 Å². The van der Waals surface area contributed by atoms with Gasteiger partial charge in [0, 0.05) is 19.1 Å². The summed E-state index contributed by atoms with van der Waals surface area (Å²) in [5, 5.41) is 0. The number of benzene rings is 1. The van der Waals surface area contributed by atoms with Crippen molar-refractivity contribution in [2.24, 2.45) is 0 Å². The van der Waals surface area contributed by atoms with Crippen molar-refractivity contribution in [3.63, 3.8) is 0 Å². The molecule has 1 aromatic rings. The summed E-state index contributed by atoms with van der Waals surface area (Å²) in [5.74, 6) is 0.206. The second-order valence-electron chi connectivity index (χ2n) is 3.82. The van der Waals surface area contributed by atoms with Gasteiger partial charge in [-0.15, -0.1) is 0 Å². The van der Waals surface area contributed by atoms with Crippen LogP contribution in [0.15, 0.2) is 24.3 Å². The highest BCUT2D eigenvalue weighted by Gasteiger charge is 2.09. The van der Waals surface area contributed by atoms with E-state index in [1.165, 1.54) is 0 Å². The van der Waals surface area contributed by atoms with Gasteiger partial charge >= 0.3 is 0 Å². The predicted octanol–water partition coefficient (Wildman–Crippen LogP) is 2.99. The standard InChI is InChI=1S/C13H18O2/c1-10-6-4-5-7-12(10)13(14)9-8-11(2)15-3/h4-7,11H,8-9H2,1-3H3. The smallest absolute Gasteiger partial charge is 0.163 e. The normalized spacial score (nSPS) is 12.5. The molecule has 0 aromatic heterocycles. The summed E-state index contributed by atoms with van der Waals surface area (Å²) in [6.45, 7) is 3.94. The van der Waals surface area contributed by atoms with Gasteiger partial charge in [-0.25, -0.2) is 0 Å². The molecular formula is C13H18O2. The number of hydrogen-bond acceptors (Lipinski definition) is 2. The topological polar surface area (TPSA) is 26.3 Å². The van der Waals surface area contributed by atoms with E-state index in [9.17, 15) is 4.79 Å². The fraction of sp³-hybridized carbons (Fsp3) is 0.462. The Labute approximate surface area is 91.3 Å². The van der Waals surface area contributed by atoms with Crippen molar-refractivity contribution < 1.29 is 9.53 Å². The molecule has 2 heteroatoms. The molecule has 0 saturated heterocycles. The molecule has 0 aliphatic heterocycles. The zero-order valence-electron chi connectivity index (χ0n) is 9.62. The Kier molecular flexibility index (Phi) is 4.50. The first kappa shape index (κ1) is 11.9. The summed E-state index contributed by atoms with van der Waals surface area (Å²) >= 11 is 0. The third kappa shape index (κ3) is 3.48. The van der Waals surface area contributed by atoms with Crippen molar-refractivity contribution >= 4 is 5.78 Å². The van der Waals surface area contributed by atoms with Crippen LogP contribution in [0, 0.1) is 6.92 Å². The zero-order valence-corrected chi connectivity index (χ0v) is 9.62. The summed E-state index contributed by atoms with van der Waals surface area (Å²) in [7, 11) is 1.67. The third-order valence-corrected chi connectivity index (χ3v) is 2.63. The van der Waals surface area contributed by atoms with Gasteiger partial charge in [-0.05, 0) is 25.8 Å². The number of ketones is 1. The van der Waals surface area contributed by atoms with E-state index < -0.39 is 0 Å². The van der Waals surface area contributed by atoms with Crippen LogP contribution in [0.3, 0.4) is 0 Å². The maximum Gasteiger partial charge on any atom is 0.163 e. The summed E-state index contributed by atoms with van der Waals surface area (Å²) in [5.41, 5.74) is 1.88. The minimum absolute atomic E-state index is 0.151. The highest BCUT2D eigenvalue weighted by Crippen LogP contribution is 2.12. The molecule has 1 aromatic carbocycles. The molecule has 0 spiro atoms. The number of ether oxygens (including phenoxy) is 1. The van der Waals surface area contributed by atoms with Crippen molar-refractivity contribution in [3.05, 3.63) is 35.4 Å². The fourth-order valence-corrected chi connectivity index (χ4v) is 1.47. The van der Waals surface area contributed by atoms with Crippen LogP contribution in [0.2, 0.25) is 0 Å². The fourth-order valence-electron chi connectivity index (χ4n) is 1.47. The van der Waals surface area contributed by atoms with Gasteiger partial charge in [0.05, 0.1) is 6.10 Å². The molecule has 2 nitrogen and oxygen atoms in total. The molecule has 1 atom stereocenters. The Hall–Kier alpha value is -1.15.